The molecule has 10 N–H and O–H groups in total. The van der Waals surface area contributed by atoms with E-state index in [9.17, 15) is 19.8 Å². The lowest BCUT2D eigenvalue weighted by Gasteiger charge is -1.84. The maximum atomic E-state index is 9.19. The van der Waals surface area contributed by atoms with E-state index in [4.69, 9.17) is 5.21 Å². The number of quaternary nitrogens is 3. The largest absolute Gasteiger partial charge is 1.00 e. The standard InChI is InChI=1S/2C2H5NO2.ClH.H4NO/c2*3-1-2(4)5;;1-2/h2*1,3H2,(H,4,5);1H;2H,1H3/q;;;+1/p-1. The summed E-state index contributed by atoms with van der Waals surface area (Å²) in [5, 5.41) is 25.1. The van der Waals surface area contributed by atoms with E-state index >= 15 is 0 Å². The fourth-order valence-corrected chi connectivity index (χ4v) is 0. The van der Waals surface area contributed by atoms with Gasteiger partial charge in [0.05, 0.1) is 11.9 Å². The molecule has 0 rings (SSSR count). The number of rotatable bonds is 2. The molecule has 0 saturated heterocycles. The minimum atomic E-state index is -1.11. The van der Waals surface area contributed by atoms with Crippen LogP contribution in [0.1, 0.15) is 0 Å². The molecule has 0 aliphatic heterocycles. The van der Waals surface area contributed by atoms with Gasteiger partial charge in [-0.2, -0.15) is 0 Å². The molecule has 13 heavy (non-hydrogen) atoms. The first-order valence-corrected chi connectivity index (χ1v) is 2.84. The van der Waals surface area contributed by atoms with Gasteiger partial charge >= 0.3 is 0 Å². The van der Waals surface area contributed by atoms with E-state index in [-0.39, 0.29) is 25.5 Å². The van der Waals surface area contributed by atoms with Crippen molar-refractivity contribution in [2.45, 2.75) is 0 Å². The van der Waals surface area contributed by atoms with Gasteiger partial charge in [0.15, 0.2) is 0 Å². The molecule has 0 fully saturated rings. The highest BCUT2D eigenvalue weighted by molar-refractivity contribution is 5.64. The lowest BCUT2D eigenvalue weighted by molar-refractivity contribution is -0.670. The maximum absolute atomic E-state index is 9.19. The van der Waals surface area contributed by atoms with Crippen LogP contribution in [0.15, 0.2) is 0 Å². The average Bonchev–Trinajstić information content (AvgIpc) is 2.09. The monoisotopic (exact) mass is 219 g/mol. The number of carboxylic acids is 2. The number of carboxylic acid groups (broad SMARTS) is 2. The highest BCUT2D eigenvalue weighted by atomic mass is 35.5. The molecule has 0 amide bonds. The van der Waals surface area contributed by atoms with Gasteiger partial charge in [-0.15, -0.1) is 0 Å². The van der Waals surface area contributed by atoms with E-state index < -0.39 is 11.9 Å². The second-order valence-electron chi connectivity index (χ2n) is 1.24. The van der Waals surface area contributed by atoms with Gasteiger partial charge in [0.25, 0.3) is 0 Å². The molecule has 0 aromatic carbocycles. The molecule has 0 bridgehead atoms. The van der Waals surface area contributed by atoms with Crippen LogP contribution in [0.4, 0.5) is 0 Å². The van der Waals surface area contributed by atoms with Crippen molar-refractivity contribution in [3.8, 4) is 0 Å². The molecule has 8 nitrogen and oxygen atoms in total. The molecule has 82 valence electrons. The molecular weight excluding hydrogens is 206 g/mol. The van der Waals surface area contributed by atoms with Crippen LogP contribution in [0.5, 0.6) is 0 Å². The fourth-order valence-electron chi connectivity index (χ4n) is 0. The summed E-state index contributed by atoms with van der Waals surface area (Å²) in [6.07, 6.45) is 0. The van der Waals surface area contributed by atoms with E-state index in [1.54, 1.807) is 0 Å². The van der Waals surface area contributed by atoms with Gasteiger partial charge in [-0.1, -0.05) is 0 Å². The summed E-state index contributed by atoms with van der Waals surface area (Å²) in [5.41, 5.74) is 6.05. The lowest BCUT2D eigenvalue weighted by Crippen LogP contribution is -3.00. The molecule has 0 heterocycles. The first-order valence-electron chi connectivity index (χ1n) is 2.84. The summed E-state index contributed by atoms with van der Waals surface area (Å²) in [5.74, 6) is 0.0370. The van der Waals surface area contributed by atoms with Gasteiger partial charge in [-0.3, -0.25) is 0 Å². The van der Waals surface area contributed by atoms with Crippen molar-refractivity contribution >= 4 is 11.9 Å². The summed E-state index contributed by atoms with van der Waals surface area (Å²) in [4.78, 5) is 18.4. The van der Waals surface area contributed by atoms with Crippen molar-refractivity contribution in [2.24, 2.45) is 0 Å². The van der Waals surface area contributed by atoms with Gasteiger partial charge in [0, 0.05) is 0 Å². The Balaban J connectivity index is -0.0000000491. The van der Waals surface area contributed by atoms with Gasteiger partial charge in [-0.05, 0) is 0 Å². The Kier molecular flexibility index (Phi) is 39.2. The van der Waals surface area contributed by atoms with Crippen LogP contribution >= 0.6 is 0 Å². The summed E-state index contributed by atoms with van der Waals surface area (Å²) in [6, 6.07) is 0. The zero-order valence-electron chi connectivity index (χ0n) is 6.99. The number of aliphatic carboxylic acids is 2. The van der Waals surface area contributed by atoms with Crippen molar-refractivity contribution in [1.82, 2.24) is 0 Å². The van der Waals surface area contributed by atoms with Crippen LogP contribution in [0.2, 0.25) is 0 Å². The predicted molar refractivity (Wildman–Crippen MR) is 30.2 cm³/mol. The third-order valence-electron chi connectivity index (χ3n) is 0.408. The molecule has 0 atom stereocenters. The van der Waals surface area contributed by atoms with Crippen LogP contribution in [0, 0.1) is 0 Å². The van der Waals surface area contributed by atoms with E-state index in [0.29, 0.717) is 0 Å². The van der Waals surface area contributed by atoms with Crippen LogP contribution in [0.3, 0.4) is 0 Å². The average molecular weight is 220 g/mol. The molecule has 0 aliphatic carbocycles. The number of carbonyl (C=O) groups excluding carboxylic acids is 2. The van der Waals surface area contributed by atoms with Gasteiger partial charge in [0.1, 0.15) is 13.1 Å². The van der Waals surface area contributed by atoms with Crippen LogP contribution in [0.25, 0.3) is 0 Å². The van der Waals surface area contributed by atoms with E-state index in [2.05, 4.69) is 17.4 Å². The number of hydrogen-bond donors (Lipinski definition) is 4. The zero-order valence-corrected chi connectivity index (χ0v) is 7.75. The van der Waals surface area contributed by atoms with E-state index in [0.717, 1.165) is 0 Å². The highest BCUT2D eigenvalue weighted by Gasteiger charge is 1.69. The Morgan fingerprint density at radius 2 is 1.08 bits per heavy atom. The third kappa shape index (κ3) is 96.6. The molecule has 0 saturated carbocycles. The van der Waals surface area contributed by atoms with Gasteiger partial charge < -0.3 is 43.7 Å². The van der Waals surface area contributed by atoms with Crippen LogP contribution in [-0.2, 0) is 9.59 Å². The third-order valence-corrected chi connectivity index (χ3v) is 0.408. The molecule has 0 radical (unpaired) electrons. The Morgan fingerprint density at radius 3 is 1.08 bits per heavy atom. The Bertz CT molecular complexity index is 108. The van der Waals surface area contributed by atoms with Gasteiger partial charge in [0.2, 0.25) is 0 Å². The van der Waals surface area contributed by atoms with Crippen LogP contribution < -0.4 is 40.0 Å². The maximum Gasteiger partial charge on any atom is 0.114 e. The summed E-state index contributed by atoms with van der Waals surface area (Å²) >= 11 is 0. The van der Waals surface area contributed by atoms with E-state index in [1.165, 1.54) is 0 Å². The Labute approximate surface area is 80.7 Å². The second-order valence-corrected chi connectivity index (χ2v) is 1.24. The van der Waals surface area contributed by atoms with Crippen molar-refractivity contribution in [3.05, 3.63) is 0 Å². The smallest absolute Gasteiger partial charge is 0.114 e. The topological polar surface area (TPSA) is 183 Å². The molecule has 0 spiro atoms. The summed E-state index contributed by atoms with van der Waals surface area (Å²) in [6.45, 7) is -0.278. The number of halogens is 1. The van der Waals surface area contributed by atoms with E-state index in [1.807, 2.05) is 0 Å². The molecule has 9 heteroatoms. The summed E-state index contributed by atoms with van der Waals surface area (Å²) < 4.78 is 0. The van der Waals surface area contributed by atoms with Crippen molar-refractivity contribution in [1.29, 1.82) is 0 Å². The molecular formula is C4H14ClN3O5. The lowest BCUT2D eigenvalue weighted by atomic mass is 10.7. The minimum absolute atomic E-state index is 0. The first kappa shape index (κ1) is 22.7. The molecule has 0 aliphatic rings. The van der Waals surface area contributed by atoms with Crippen molar-refractivity contribution < 1.29 is 54.8 Å². The normalized spacial score (nSPS) is 6.15. The number of hydrogen-bond acceptors (Lipinski definition) is 5. The fraction of sp³-hybridized carbons (Fsp3) is 0.500. The molecule has 0 aromatic rings. The number of carbonyl (C=O) groups is 2. The van der Waals surface area contributed by atoms with Crippen molar-refractivity contribution in [2.75, 3.05) is 13.1 Å². The zero-order chi connectivity index (χ0) is 10.6. The van der Waals surface area contributed by atoms with Crippen LogP contribution in [-0.4, -0.2) is 30.2 Å². The predicted octanol–water partition coefficient (Wildman–Crippen LogP) is -10.4. The highest BCUT2D eigenvalue weighted by Crippen LogP contribution is 1.30. The Morgan fingerprint density at radius 1 is 1.00 bits per heavy atom. The quantitative estimate of drug-likeness (QED) is 0.335. The minimum Gasteiger partial charge on any atom is -1.00 e. The first-order chi connectivity index (χ1) is 5.54. The molecule has 0 aromatic heterocycles. The van der Waals surface area contributed by atoms with Gasteiger partial charge in [-0.25, -0.2) is 11.1 Å². The SMILES string of the molecule is [Cl-].[NH3+]CC(=O)[O-].[NH3+]CC(=O)[O-].[NH3+]O. The second kappa shape index (κ2) is 22.5. The Hall–Kier alpha value is -0.930. The van der Waals surface area contributed by atoms with Crippen molar-refractivity contribution in [3.63, 3.8) is 0 Å². The summed E-state index contributed by atoms with van der Waals surface area (Å²) in [7, 11) is 0. The molecule has 0 unspecified atom stereocenters.